The molecule has 342 valence electrons. The van der Waals surface area contributed by atoms with Crippen LogP contribution in [-0.4, -0.2) is 65.0 Å². The van der Waals surface area contributed by atoms with E-state index < -0.39 is 17.7 Å². The number of carbonyl (C=O) groups is 1. The van der Waals surface area contributed by atoms with Gasteiger partial charge in [0.15, 0.2) is 0 Å². The molecule has 3 aliphatic rings. The van der Waals surface area contributed by atoms with E-state index in [1.54, 1.807) is 30.3 Å². The van der Waals surface area contributed by atoms with E-state index in [1.165, 1.54) is 5.56 Å². The van der Waals surface area contributed by atoms with Gasteiger partial charge in [0.25, 0.3) is 5.91 Å². The first-order valence-electron chi connectivity index (χ1n) is 23.5. The fourth-order valence-corrected chi connectivity index (χ4v) is 10.6. The number of ether oxygens (including phenoxy) is 3. The maximum absolute atomic E-state index is 15.6. The molecule has 10 nitrogen and oxygen atoms in total. The Balaban J connectivity index is 1.37. The number of carbonyl (C=O) groups excluding carboxylic acids is 1. The number of hydrogen-bond acceptors (Lipinski definition) is 9. The molecular weight excluding hydrogens is 827 g/mol. The van der Waals surface area contributed by atoms with Crippen molar-refractivity contribution in [2.45, 2.75) is 90.0 Å². The summed E-state index contributed by atoms with van der Waals surface area (Å²) >= 11 is 0. The number of amides is 1. The molecule has 0 aromatic heterocycles. The number of aliphatic hydroxyl groups excluding tert-OH is 2. The predicted molar refractivity (Wildman–Crippen MR) is 258 cm³/mol. The summed E-state index contributed by atoms with van der Waals surface area (Å²) in [5.74, 6) is -0.251. The molecule has 8 rings (SSSR count). The van der Waals surface area contributed by atoms with Gasteiger partial charge in [-0.05, 0) is 146 Å². The summed E-state index contributed by atoms with van der Waals surface area (Å²) in [5, 5.41) is 36.7. The molecule has 66 heavy (non-hydrogen) atoms. The van der Waals surface area contributed by atoms with Gasteiger partial charge in [0.2, 0.25) is 5.79 Å². The normalized spacial score (nSPS) is 22.3. The molecule has 5 aromatic rings. The third kappa shape index (κ3) is 9.39. The van der Waals surface area contributed by atoms with Crippen molar-refractivity contribution in [2.75, 3.05) is 26.4 Å². The molecule has 2 aliphatic carbocycles. The number of aliphatic hydroxyl groups is 2. The number of hydrogen-bond donors (Lipinski definition) is 2. The zero-order valence-corrected chi connectivity index (χ0v) is 38.3. The smallest absolute Gasteiger partial charge is 0.254 e. The van der Waals surface area contributed by atoms with Crippen LogP contribution in [0.2, 0.25) is 0 Å². The Morgan fingerprint density at radius 2 is 1.67 bits per heavy atom. The Hall–Kier alpha value is -6.25. The molecule has 0 bridgehead atoms. The predicted octanol–water partition coefficient (Wildman–Crippen LogP) is 11.1. The number of aryl methyl sites for hydroxylation is 2. The van der Waals surface area contributed by atoms with Gasteiger partial charge in [0, 0.05) is 43.2 Å². The first-order valence-corrected chi connectivity index (χ1v) is 23.5. The summed E-state index contributed by atoms with van der Waals surface area (Å²) in [7, 11) is 0. The van der Waals surface area contributed by atoms with Crippen LogP contribution in [0.1, 0.15) is 96.0 Å². The van der Waals surface area contributed by atoms with E-state index >= 15 is 4.79 Å². The molecule has 6 atom stereocenters. The lowest BCUT2D eigenvalue weighted by atomic mass is 9.55. The van der Waals surface area contributed by atoms with Gasteiger partial charge in [0.1, 0.15) is 29.9 Å². The SMILES string of the molecule is C=CCO[C@@]12Oc3ccc(Oc4ccc(C)c(C)c4)cc3[C@H]3[C@H](CCCCO)[C@@H](CCCCO)C=C(C(=NOCC)C[C@@H]1N(Cc1cccc4ccccc14)C(=O)c1ccc(C#N)cc1)[C@H]32. The van der Waals surface area contributed by atoms with Crippen molar-refractivity contribution in [1.82, 2.24) is 4.90 Å². The summed E-state index contributed by atoms with van der Waals surface area (Å²) in [6.07, 6.45) is 8.93. The summed E-state index contributed by atoms with van der Waals surface area (Å²) < 4.78 is 21.4. The zero-order valence-electron chi connectivity index (χ0n) is 38.3. The third-order valence-electron chi connectivity index (χ3n) is 13.8. The Morgan fingerprint density at radius 1 is 0.924 bits per heavy atom. The van der Waals surface area contributed by atoms with Gasteiger partial charge >= 0.3 is 0 Å². The minimum atomic E-state index is -1.46. The second kappa shape index (κ2) is 20.9. The topological polar surface area (TPSA) is 134 Å². The van der Waals surface area contributed by atoms with Crippen LogP contribution in [0, 0.1) is 42.9 Å². The van der Waals surface area contributed by atoms with Crippen molar-refractivity contribution in [2.24, 2.45) is 22.9 Å². The highest BCUT2D eigenvalue weighted by Gasteiger charge is 2.65. The highest BCUT2D eigenvalue weighted by Crippen LogP contribution is 2.62. The van der Waals surface area contributed by atoms with Crippen molar-refractivity contribution in [3.05, 3.63) is 161 Å². The number of fused-ring (bicyclic) bond motifs is 3. The van der Waals surface area contributed by atoms with Gasteiger partial charge in [-0.15, -0.1) is 6.58 Å². The highest BCUT2D eigenvalue weighted by molar-refractivity contribution is 6.03. The summed E-state index contributed by atoms with van der Waals surface area (Å²) in [6, 6.07) is 34.7. The Kier molecular flexibility index (Phi) is 14.7. The molecule has 0 spiro atoms. The molecule has 2 N–H and O–H groups in total. The number of nitriles is 1. The molecule has 0 radical (unpaired) electrons. The minimum Gasteiger partial charge on any atom is -0.459 e. The van der Waals surface area contributed by atoms with E-state index in [9.17, 15) is 15.5 Å². The first-order chi connectivity index (χ1) is 32.2. The van der Waals surface area contributed by atoms with E-state index in [0.29, 0.717) is 42.1 Å². The Morgan fingerprint density at radius 3 is 2.41 bits per heavy atom. The lowest BCUT2D eigenvalue weighted by molar-refractivity contribution is -0.255. The van der Waals surface area contributed by atoms with Crippen molar-refractivity contribution < 1.29 is 34.1 Å². The van der Waals surface area contributed by atoms with Crippen molar-refractivity contribution in [3.63, 3.8) is 0 Å². The fraction of sp³-hybridized carbons (Fsp3) is 0.375. The second-order valence-corrected chi connectivity index (χ2v) is 17.8. The maximum atomic E-state index is 15.6. The van der Waals surface area contributed by atoms with Gasteiger partial charge in [-0.1, -0.05) is 78.7 Å². The molecule has 1 aliphatic heterocycles. The molecule has 1 fully saturated rings. The quantitative estimate of drug-likeness (QED) is 0.0476. The van der Waals surface area contributed by atoms with Gasteiger partial charge < -0.3 is 34.2 Å². The van der Waals surface area contributed by atoms with Crippen LogP contribution in [0.4, 0.5) is 0 Å². The largest absolute Gasteiger partial charge is 0.459 e. The summed E-state index contributed by atoms with van der Waals surface area (Å²) in [5.41, 5.74) is 6.80. The average Bonchev–Trinajstić information content (AvgIpc) is 3.34. The number of rotatable bonds is 19. The fourth-order valence-electron chi connectivity index (χ4n) is 10.6. The van der Waals surface area contributed by atoms with Crippen LogP contribution in [-0.2, 0) is 16.1 Å². The van der Waals surface area contributed by atoms with Gasteiger partial charge in [-0.3, -0.25) is 4.79 Å². The standard InChI is InChI=1S/C56H61N3O7/c1-5-30-63-56-52(59(55(62)41-23-21-39(35-57)22-24-41)36-43-17-13-16-40-14-7-8-18-46(40)43)34-50(58-64-6-2)48-32-42(15-9-11-28-60)47(19-10-12-29-61)53(54(48)56)49-33-45(26-27-51(49)66-56)65-44-25-20-37(3)38(4)31-44/h5,7-8,13-14,16-18,20-27,31-33,42,47,52-54,60-61H,1,6,9-12,15,19,28-30,34,36H2,2-4H3/t42-,47+,52-,53+,54+,56+/m0/s1. The van der Waals surface area contributed by atoms with E-state index in [0.717, 1.165) is 70.2 Å². The monoisotopic (exact) mass is 887 g/mol. The number of nitrogens with zero attached hydrogens (tertiary/aromatic N) is 3. The molecule has 0 saturated heterocycles. The van der Waals surface area contributed by atoms with E-state index in [1.807, 2.05) is 54.3 Å². The molecule has 1 saturated carbocycles. The molecule has 1 amide bonds. The highest BCUT2D eigenvalue weighted by atomic mass is 16.7. The molecule has 10 heteroatoms. The van der Waals surface area contributed by atoms with Gasteiger partial charge in [0.05, 0.1) is 29.9 Å². The maximum Gasteiger partial charge on any atom is 0.254 e. The van der Waals surface area contributed by atoms with Crippen molar-refractivity contribution >= 4 is 22.4 Å². The minimum absolute atomic E-state index is 0.0445. The van der Waals surface area contributed by atoms with Crippen molar-refractivity contribution in [3.8, 4) is 23.3 Å². The first kappa shape index (κ1) is 46.3. The number of allylic oxidation sites excluding steroid dienone is 1. The van der Waals surface area contributed by atoms with Gasteiger partial charge in [-0.25, -0.2) is 0 Å². The second-order valence-electron chi connectivity index (χ2n) is 17.8. The van der Waals surface area contributed by atoms with Crippen LogP contribution in [0.5, 0.6) is 17.2 Å². The average molecular weight is 888 g/mol. The van der Waals surface area contributed by atoms with Crippen LogP contribution < -0.4 is 9.47 Å². The number of benzene rings is 5. The van der Waals surface area contributed by atoms with E-state index in [2.05, 4.69) is 69.0 Å². The molecular formula is C56H61N3O7. The van der Waals surface area contributed by atoms with Gasteiger partial charge in [-0.2, -0.15) is 5.26 Å². The third-order valence-corrected chi connectivity index (χ3v) is 13.8. The number of unbranched alkanes of at least 4 members (excludes halogenated alkanes) is 2. The van der Waals surface area contributed by atoms with Crippen molar-refractivity contribution in [1.29, 1.82) is 5.26 Å². The van der Waals surface area contributed by atoms with Crippen LogP contribution in [0.3, 0.4) is 0 Å². The summed E-state index contributed by atoms with van der Waals surface area (Å²) in [4.78, 5) is 23.4. The van der Waals surface area contributed by atoms with Crippen LogP contribution in [0.15, 0.2) is 133 Å². The van der Waals surface area contributed by atoms with E-state index in [4.69, 9.17) is 24.2 Å². The van der Waals surface area contributed by atoms with Crippen LogP contribution in [0.25, 0.3) is 10.8 Å². The summed E-state index contributed by atoms with van der Waals surface area (Å²) in [6.45, 7) is 11.1. The van der Waals surface area contributed by atoms with E-state index in [-0.39, 0.29) is 56.4 Å². The number of oxime groups is 1. The molecule has 0 unspecified atom stereocenters. The zero-order chi connectivity index (χ0) is 46.2. The Labute approximate surface area is 388 Å². The lowest BCUT2D eigenvalue weighted by Gasteiger charge is -2.60. The molecule has 1 heterocycles. The van der Waals surface area contributed by atoms with Crippen LogP contribution >= 0.6 is 0 Å². The molecule has 5 aromatic carbocycles. The lowest BCUT2D eigenvalue weighted by Crippen LogP contribution is -2.70. The Bertz CT molecular complexity index is 2630.